The molecular weight excluding hydrogens is 175 g/mol. The summed E-state index contributed by atoms with van der Waals surface area (Å²) in [6.45, 7) is 0.982. The summed E-state index contributed by atoms with van der Waals surface area (Å²) >= 11 is 0. The molecule has 1 aliphatic rings. The Morgan fingerprint density at radius 3 is 3.15 bits per heavy atom. The van der Waals surface area contributed by atoms with Crippen molar-refractivity contribution in [2.45, 2.75) is 19.1 Å². The molecular formula is C8H11FN2O2. The molecule has 0 amide bonds. The van der Waals surface area contributed by atoms with Crippen molar-refractivity contribution in [1.29, 1.82) is 0 Å². The van der Waals surface area contributed by atoms with Gasteiger partial charge < -0.3 is 14.6 Å². The van der Waals surface area contributed by atoms with Gasteiger partial charge in [0.25, 0.3) is 0 Å². The van der Waals surface area contributed by atoms with Gasteiger partial charge in [0, 0.05) is 12.1 Å². The lowest BCUT2D eigenvalue weighted by Crippen LogP contribution is -2.46. The third-order valence-electron chi connectivity index (χ3n) is 2.03. The van der Waals surface area contributed by atoms with Gasteiger partial charge in [0.1, 0.15) is 19.0 Å². The van der Waals surface area contributed by atoms with Crippen molar-refractivity contribution in [1.82, 2.24) is 10.5 Å². The van der Waals surface area contributed by atoms with E-state index in [9.17, 15) is 4.39 Å². The Labute approximate surface area is 75.0 Å². The largest absolute Gasteiger partial charge is 0.462 e. The van der Waals surface area contributed by atoms with E-state index in [1.165, 1.54) is 6.07 Å². The summed E-state index contributed by atoms with van der Waals surface area (Å²) in [5.74, 6) is 0.293. The maximum absolute atomic E-state index is 12.0. The molecule has 0 aliphatic carbocycles. The van der Waals surface area contributed by atoms with Crippen LogP contribution in [0.15, 0.2) is 10.6 Å². The van der Waals surface area contributed by atoms with Crippen molar-refractivity contribution < 1.29 is 13.7 Å². The second-order valence-corrected chi connectivity index (χ2v) is 3.02. The monoisotopic (exact) mass is 186 g/mol. The van der Waals surface area contributed by atoms with E-state index in [4.69, 9.17) is 9.26 Å². The van der Waals surface area contributed by atoms with Crippen molar-refractivity contribution in [3.05, 3.63) is 11.8 Å². The summed E-state index contributed by atoms with van der Waals surface area (Å²) in [5.41, 5.74) is 0.275. The number of hydrogen-bond acceptors (Lipinski definition) is 4. The highest BCUT2D eigenvalue weighted by Crippen LogP contribution is 2.14. The van der Waals surface area contributed by atoms with Crippen molar-refractivity contribution in [3.63, 3.8) is 0 Å². The zero-order valence-electron chi connectivity index (χ0n) is 7.12. The lowest BCUT2D eigenvalue weighted by atomic mass is 10.1. The van der Waals surface area contributed by atoms with Crippen LogP contribution in [-0.4, -0.2) is 24.4 Å². The van der Waals surface area contributed by atoms with Gasteiger partial charge in [0.15, 0.2) is 0 Å². The predicted octanol–water partition coefficient (Wildman–Crippen LogP) is 0.885. The first-order valence-electron chi connectivity index (χ1n) is 4.26. The molecule has 1 aromatic heterocycles. The number of aromatic nitrogens is 1. The van der Waals surface area contributed by atoms with Gasteiger partial charge in [0.05, 0.1) is 0 Å². The van der Waals surface area contributed by atoms with E-state index in [0.717, 1.165) is 13.0 Å². The van der Waals surface area contributed by atoms with Crippen molar-refractivity contribution in [2.24, 2.45) is 0 Å². The minimum atomic E-state index is -0.617. The maximum atomic E-state index is 12.0. The quantitative estimate of drug-likeness (QED) is 0.758. The summed E-state index contributed by atoms with van der Waals surface area (Å²) < 4.78 is 22.0. The SMILES string of the molecule is FCc1cc(OC[C@@H]2CCN2)on1. The highest BCUT2D eigenvalue weighted by atomic mass is 19.1. The van der Waals surface area contributed by atoms with Crippen LogP contribution in [0.25, 0.3) is 0 Å². The number of alkyl halides is 1. The van der Waals surface area contributed by atoms with Crippen molar-refractivity contribution >= 4 is 0 Å². The van der Waals surface area contributed by atoms with E-state index in [2.05, 4.69) is 10.5 Å². The average Bonchev–Trinajstić information content (AvgIpc) is 2.49. The molecule has 1 saturated heterocycles. The molecule has 2 rings (SSSR count). The Kier molecular flexibility index (Phi) is 2.44. The Bertz CT molecular complexity index is 273. The van der Waals surface area contributed by atoms with Gasteiger partial charge in [-0.25, -0.2) is 4.39 Å². The zero-order chi connectivity index (χ0) is 9.10. The molecule has 0 aromatic carbocycles. The molecule has 1 N–H and O–H groups in total. The van der Waals surface area contributed by atoms with E-state index < -0.39 is 6.67 Å². The number of hydrogen-bond donors (Lipinski definition) is 1. The van der Waals surface area contributed by atoms with Crippen LogP contribution in [0.3, 0.4) is 0 Å². The summed E-state index contributed by atoms with van der Waals surface area (Å²) in [6, 6.07) is 1.87. The van der Waals surface area contributed by atoms with Crippen LogP contribution >= 0.6 is 0 Å². The minimum absolute atomic E-state index is 0.275. The van der Waals surface area contributed by atoms with Crippen LogP contribution in [-0.2, 0) is 6.67 Å². The molecule has 0 unspecified atom stereocenters. The number of ether oxygens (including phenoxy) is 1. The van der Waals surface area contributed by atoms with Crippen LogP contribution in [0.1, 0.15) is 12.1 Å². The van der Waals surface area contributed by atoms with E-state index >= 15 is 0 Å². The maximum Gasteiger partial charge on any atom is 0.311 e. The number of halogens is 1. The highest BCUT2D eigenvalue weighted by molar-refractivity contribution is 5.09. The van der Waals surface area contributed by atoms with Crippen LogP contribution in [0.2, 0.25) is 0 Å². The van der Waals surface area contributed by atoms with Gasteiger partial charge in [-0.15, -0.1) is 0 Å². The van der Waals surface area contributed by atoms with Gasteiger partial charge in [-0.3, -0.25) is 0 Å². The fraction of sp³-hybridized carbons (Fsp3) is 0.625. The molecule has 0 bridgehead atoms. The second kappa shape index (κ2) is 3.74. The number of rotatable bonds is 4. The molecule has 4 nitrogen and oxygen atoms in total. The zero-order valence-corrected chi connectivity index (χ0v) is 7.12. The fourth-order valence-electron chi connectivity index (χ4n) is 1.10. The third kappa shape index (κ3) is 1.98. The van der Waals surface area contributed by atoms with Crippen molar-refractivity contribution in [3.8, 4) is 5.95 Å². The minimum Gasteiger partial charge on any atom is -0.462 e. The first-order valence-corrected chi connectivity index (χ1v) is 4.26. The number of nitrogens with one attached hydrogen (secondary N) is 1. The summed E-state index contributed by atoms with van der Waals surface area (Å²) in [6.07, 6.45) is 1.12. The van der Waals surface area contributed by atoms with Gasteiger partial charge in [-0.2, -0.15) is 0 Å². The summed E-state index contributed by atoms with van der Waals surface area (Å²) in [4.78, 5) is 0. The standard InChI is InChI=1S/C8H11FN2O2/c9-4-7-3-8(13-11-7)12-5-6-1-2-10-6/h3,6,10H,1-2,4-5H2/t6-/m0/s1. The molecule has 72 valence electrons. The van der Waals surface area contributed by atoms with Gasteiger partial charge in [-0.1, -0.05) is 5.16 Å². The normalized spacial score (nSPS) is 21.2. The predicted molar refractivity (Wildman–Crippen MR) is 43.2 cm³/mol. The van der Waals surface area contributed by atoms with Crippen LogP contribution in [0.4, 0.5) is 4.39 Å². The van der Waals surface area contributed by atoms with E-state index in [1.807, 2.05) is 0 Å². The number of nitrogens with zero attached hydrogens (tertiary/aromatic N) is 1. The van der Waals surface area contributed by atoms with Crippen LogP contribution in [0.5, 0.6) is 5.95 Å². The molecule has 0 spiro atoms. The summed E-state index contributed by atoms with van der Waals surface area (Å²) in [7, 11) is 0. The third-order valence-corrected chi connectivity index (χ3v) is 2.03. The molecule has 1 aliphatic heterocycles. The molecule has 13 heavy (non-hydrogen) atoms. The first-order chi connectivity index (χ1) is 6.38. The van der Waals surface area contributed by atoms with E-state index in [-0.39, 0.29) is 5.69 Å². The van der Waals surface area contributed by atoms with Crippen molar-refractivity contribution in [2.75, 3.05) is 13.2 Å². The second-order valence-electron chi connectivity index (χ2n) is 3.02. The van der Waals surface area contributed by atoms with Gasteiger partial charge in [-0.05, 0) is 13.0 Å². The topological polar surface area (TPSA) is 47.3 Å². The van der Waals surface area contributed by atoms with Crippen LogP contribution < -0.4 is 10.1 Å². The Morgan fingerprint density at radius 2 is 2.62 bits per heavy atom. The molecule has 5 heteroatoms. The smallest absolute Gasteiger partial charge is 0.311 e. The Morgan fingerprint density at radius 1 is 1.77 bits per heavy atom. The molecule has 1 aromatic rings. The molecule has 0 saturated carbocycles. The lowest BCUT2D eigenvalue weighted by molar-refractivity contribution is 0.164. The van der Waals surface area contributed by atoms with E-state index in [0.29, 0.717) is 18.6 Å². The van der Waals surface area contributed by atoms with E-state index in [1.54, 1.807) is 0 Å². The van der Waals surface area contributed by atoms with Gasteiger partial charge in [0.2, 0.25) is 0 Å². The average molecular weight is 186 g/mol. The van der Waals surface area contributed by atoms with Gasteiger partial charge >= 0.3 is 5.95 Å². The molecule has 1 atom stereocenters. The molecule has 2 heterocycles. The van der Waals surface area contributed by atoms with Crippen LogP contribution in [0, 0.1) is 0 Å². The summed E-state index contributed by atoms with van der Waals surface area (Å²) in [5, 5.41) is 6.64. The lowest BCUT2D eigenvalue weighted by Gasteiger charge is -2.26. The molecule has 0 radical (unpaired) electrons. The highest BCUT2D eigenvalue weighted by Gasteiger charge is 2.17. The Hall–Kier alpha value is -1.10. The first kappa shape index (κ1) is 8.50. The fourth-order valence-corrected chi connectivity index (χ4v) is 1.10. The Balaban J connectivity index is 1.79. The molecule has 1 fully saturated rings.